The molecule has 1 unspecified atom stereocenters. The van der Waals surface area contributed by atoms with Crippen LogP contribution in [0.15, 0.2) is 34.5 Å². The van der Waals surface area contributed by atoms with Gasteiger partial charge in [-0.15, -0.1) is 0 Å². The van der Waals surface area contributed by atoms with Gasteiger partial charge in [-0.3, -0.25) is 4.79 Å². The van der Waals surface area contributed by atoms with Crippen LogP contribution in [-0.2, 0) is 4.79 Å². The summed E-state index contributed by atoms with van der Waals surface area (Å²) in [6.45, 7) is 8.29. The molecule has 0 aromatic carbocycles. The summed E-state index contributed by atoms with van der Waals surface area (Å²) in [5.41, 5.74) is 0.867. The number of carbonyl (C=O) groups is 1. The summed E-state index contributed by atoms with van der Waals surface area (Å²) < 4.78 is 5.51. The Morgan fingerprint density at radius 1 is 1.41 bits per heavy atom. The van der Waals surface area contributed by atoms with Gasteiger partial charge in [-0.05, 0) is 30.5 Å². The summed E-state index contributed by atoms with van der Waals surface area (Å²) in [5, 5.41) is 0. The van der Waals surface area contributed by atoms with Gasteiger partial charge in [0.1, 0.15) is 5.76 Å². The second-order valence-corrected chi connectivity index (χ2v) is 5.73. The lowest BCUT2D eigenvalue weighted by Crippen LogP contribution is -2.34. The van der Waals surface area contributed by atoms with Crippen molar-refractivity contribution in [2.75, 3.05) is 0 Å². The fourth-order valence-electron chi connectivity index (χ4n) is 2.42. The van der Waals surface area contributed by atoms with E-state index >= 15 is 0 Å². The Labute approximate surface area is 103 Å². The quantitative estimate of drug-likeness (QED) is 0.773. The van der Waals surface area contributed by atoms with Gasteiger partial charge in [0.15, 0.2) is 5.78 Å². The van der Waals surface area contributed by atoms with Crippen LogP contribution in [0.5, 0.6) is 0 Å². The highest BCUT2D eigenvalue weighted by molar-refractivity contribution is 5.96. The Bertz CT molecular complexity index is 435. The molecule has 1 aromatic rings. The highest BCUT2D eigenvalue weighted by Gasteiger charge is 2.41. The van der Waals surface area contributed by atoms with E-state index in [0.29, 0.717) is 5.92 Å². The monoisotopic (exact) mass is 232 g/mol. The molecular formula is C15H20O2. The van der Waals surface area contributed by atoms with Crippen LogP contribution in [0.1, 0.15) is 45.8 Å². The van der Waals surface area contributed by atoms with Crippen molar-refractivity contribution < 1.29 is 9.21 Å². The van der Waals surface area contributed by atoms with Gasteiger partial charge in [-0.2, -0.15) is 0 Å². The minimum atomic E-state index is -0.365. The normalized spacial score (nSPS) is 23.9. The van der Waals surface area contributed by atoms with Crippen molar-refractivity contribution in [3.63, 3.8) is 0 Å². The zero-order valence-electron chi connectivity index (χ0n) is 11.0. The predicted octanol–water partition coefficient (Wildman–Crippen LogP) is 3.94. The van der Waals surface area contributed by atoms with E-state index in [4.69, 9.17) is 4.42 Å². The van der Waals surface area contributed by atoms with Crippen LogP contribution in [0, 0.1) is 11.3 Å². The van der Waals surface area contributed by atoms with Crippen LogP contribution >= 0.6 is 0 Å². The molecule has 2 heteroatoms. The van der Waals surface area contributed by atoms with Crippen molar-refractivity contribution in [1.82, 2.24) is 0 Å². The average molecular weight is 232 g/mol. The molecule has 1 aliphatic carbocycles. The zero-order chi connectivity index (χ0) is 12.6. The van der Waals surface area contributed by atoms with Crippen molar-refractivity contribution in [2.24, 2.45) is 11.3 Å². The number of hydrogen-bond donors (Lipinski definition) is 0. The molecule has 0 N–H and O–H groups in total. The molecule has 0 radical (unpaired) electrons. The lowest BCUT2D eigenvalue weighted by molar-refractivity contribution is -0.124. The van der Waals surface area contributed by atoms with Gasteiger partial charge in [0.25, 0.3) is 0 Å². The standard InChI is InChI=1S/C15H20O2/c1-10(2)11-8-12(13-6-5-7-17-13)15(3,4)14(16)9-11/h5-7,9-10,12H,8H2,1-4H3. The van der Waals surface area contributed by atoms with E-state index in [2.05, 4.69) is 13.8 Å². The Morgan fingerprint density at radius 3 is 2.65 bits per heavy atom. The van der Waals surface area contributed by atoms with Crippen LogP contribution in [0.3, 0.4) is 0 Å². The molecule has 0 saturated heterocycles. The summed E-state index contributed by atoms with van der Waals surface area (Å²) in [5.74, 6) is 1.73. The topological polar surface area (TPSA) is 30.2 Å². The van der Waals surface area contributed by atoms with Crippen LogP contribution in [0.4, 0.5) is 0 Å². The SMILES string of the molecule is CC(C)C1=CC(=O)C(C)(C)C(c2ccco2)C1. The molecule has 0 amide bonds. The molecule has 0 saturated carbocycles. The molecule has 17 heavy (non-hydrogen) atoms. The van der Waals surface area contributed by atoms with Crippen LogP contribution < -0.4 is 0 Å². The minimum absolute atomic E-state index is 0.160. The molecule has 1 aromatic heterocycles. The number of hydrogen-bond acceptors (Lipinski definition) is 2. The number of carbonyl (C=O) groups excluding carboxylic acids is 1. The maximum absolute atomic E-state index is 12.2. The Hall–Kier alpha value is -1.31. The maximum Gasteiger partial charge on any atom is 0.161 e. The lowest BCUT2D eigenvalue weighted by Gasteiger charge is -2.36. The summed E-state index contributed by atoms with van der Waals surface area (Å²) in [6, 6.07) is 3.87. The van der Waals surface area contributed by atoms with Crippen LogP contribution in [0.25, 0.3) is 0 Å². The fourth-order valence-corrected chi connectivity index (χ4v) is 2.42. The molecule has 1 atom stereocenters. The van der Waals surface area contributed by atoms with Crippen molar-refractivity contribution >= 4 is 5.78 Å². The van der Waals surface area contributed by atoms with Crippen LogP contribution in [-0.4, -0.2) is 5.78 Å². The van der Waals surface area contributed by atoms with E-state index in [1.54, 1.807) is 6.26 Å². The molecule has 2 rings (SSSR count). The summed E-state index contributed by atoms with van der Waals surface area (Å²) in [7, 11) is 0. The molecule has 1 aliphatic rings. The number of ketones is 1. The van der Waals surface area contributed by atoms with Gasteiger partial charge >= 0.3 is 0 Å². The van der Waals surface area contributed by atoms with E-state index < -0.39 is 0 Å². The first-order valence-corrected chi connectivity index (χ1v) is 6.21. The number of allylic oxidation sites excluding steroid dienone is 2. The third-order valence-electron chi connectivity index (χ3n) is 3.89. The smallest absolute Gasteiger partial charge is 0.161 e. The van der Waals surface area contributed by atoms with Gasteiger partial charge in [0, 0.05) is 11.3 Å². The first-order chi connectivity index (χ1) is 7.93. The van der Waals surface area contributed by atoms with Crippen molar-refractivity contribution in [3.05, 3.63) is 35.8 Å². The molecule has 0 aliphatic heterocycles. The molecule has 0 spiro atoms. The van der Waals surface area contributed by atoms with E-state index in [-0.39, 0.29) is 17.1 Å². The summed E-state index contributed by atoms with van der Waals surface area (Å²) in [4.78, 5) is 12.2. The van der Waals surface area contributed by atoms with Crippen molar-refractivity contribution in [1.29, 1.82) is 0 Å². The van der Waals surface area contributed by atoms with Crippen molar-refractivity contribution in [2.45, 2.75) is 40.0 Å². The second kappa shape index (κ2) is 4.17. The third-order valence-corrected chi connectivity index (χ3v) is 3.89. The van der Waals surface area contributed by atoms with Crippen LogP contribution in [0.2, 0.25) is 0 Å². The minimum Gasteiger partial charge on any atom is -0.469 e. The Morgan fingerprint density at radius 2 is 2.12 bits per heavy atom. The third kappa shape index (κ3) is 2.08. The second-order valence-electron chi connectivity index (χ2n) is 5.73. The van der Waals surface area contributed by atoms with Gasteiger partial charge in [-0.25, -0.2) is 0 Å². The summed E-state index contributed by atoms with van der Waals surface area (Å²) >= 11 is 0. The molecule has 1 heterocycles. The first kappa shape index (κ1) is 12.2. The van der Waals surface area contributed by atoms with E-state index in [9.17, 15) is 4.79 Å². The van der Waals surface area contributed by atoms with Crippen molar-refractivity contribution in [3.8, 4) is 0 Å². The molecule has 92 valence electrons. The molecule has 0 fully saturated rings. The Kier molecular flexibility index (Phi) is 2.98. The van der Waals surface area contributed by atoms with E-state index in [1.807, 2.05) is 32.1 Å². The Balaban J connectivity index is 2.39. The first-order valence-electron chi connectivity index (χ1n) is 6.21. The highest BCUT2D eigenvalue weighted by atomic mass is 16.3. The predicted molar refractivity (Wildman–Crippen MR) is 67.8 cm³/mol. The highest BCUT2D eigenvalue weighted by Crippen LogP contribution is 2.45. The van der Waals surface area contributed by atoms with Gasteiger partial charge in [0.2, 0.25) is 0 Å². The van der Waals surface area contributed by atoms with Gasteiger partial charge in [-0.1, -0.05) is 33.3 Å². The largest absolute Gasteiger partial charge is 0.469 e. The maximum atomic E-state index is 12.2. The van der Waals surface area contributed by atoms with Gasteiger partial charge in [0.05, 0.1) is 6.26 Å². The van der Waals surface area contributed by atoms with E-state index in [1.165, 1.54) is 5.57 Å². The van der Waals surface area contributed by atoms with Gasteiger partial charge < -0.3 is 4.42 Å². The number of rotatable bonds is 2. The number of furan rings is 1. The molecular weight excluding hydrogens is 212 g/mol. The summed E-state index contributed by atoms with van der Waals surface area (Å²) in [6.07, 6.45) is 4.44. The molecule has 2 nitrogen and oxygen atoms in total. The zero-order valence-corrected chi connectivity index (χ0v) is 11.0. The fraction of sp³-hybridized carbons (Fsp3) is 0.533. The lowest BCUT2D eigenvalue weighted by atomic mass is 9.66. The average Bonchev–Trinajstić information content (AvgIpc) is 2.74. The van der Waals surface area contributed by atoms with E-state index in [0.717, 1.165) is 12.2 Å². The molecule has 0 bridgehead atoms.